The van der Waals surface area contributed by atoms with Gasteiger partial charge in [0.25, 0.3) is 0 Å². The van der Waals surface area contributed by atoms with Crippen LogP contribution in [0.4, 0.5) is 0 Å². The lowest BCUT2D eigenvalue weighted by atomic mass is 9.87. The van der Waals surface area contributed by atoms with Crippen molar-refractivity contribution in [2.75, 3.05) is 7.11 Å². The van der Waals surface area contributed by atoms with Gasteiger partial charge in [-0.25, -0.2) is 0 Å². The second-order valence-corrected chi connectivity index (χ2v) is 6.32. The number of esters is 1. The van der Waals surface area contributed by atoms with Crippen molar-refractivity contribution in [3.05, 3.63) is 89.0 Å². The first kappa shape index (κ1) is 18.5. The SMILES string of the molecule is COC(=O)CCC(C1=CCC=C1)=C(c1ccc(O)cc1)c1ccc(O)cc1. The number of carbonyl (C=O) groups excluding carboxylic acids is 1. The molecule has 2 aromatic carbocycles. The molecule has 0 atom stereocenters. The number of benzene rings is 2. The first-order valence-corrected chi connectivity index (χ1v) is 8.84. The van der Waals surface area contributed by atoms with Gasteiger partial charge in [-0.05, 0) is 65.0 Å². The van der Waals surface area contributed by atoms with Gasteiger partial charge in [0.1, 0.15) is 11.5 Å². The van der Waals surface area contributed by atoms with Crippen LogP contribution < -0.4 is 0 Å². The highest BCUT2D eigenvalue weighted by atomic mass is 16.5. The molecule has 0 saturated heterocycles. The fourth-order valence-corrected chi connectivity index (χ4v) is 3.20. The van der Waals surface area contributed by atoms with Gasteiger partial charge in [0, 0.05) is 6.42 Å². The first-order valence-electron chi connectivity index (χ1n) is 8.84. The zero-order chi connectivity index (χ0) is 19.2. The highest BCUT2D eigenvalue weighted by Gasteiger charge is 2.17. The fourth-order valence-electron chi connectivity index (χ4n) is 3.20. The van der Waals surface area contributed by atoms with Crippen molar-refractivity contribution in [1.82, 2.24) is 0 Å². The van der Waals surface area contributed by atoms with Gasteiger partial charge in [-0.3, -0.25) is 4.79 Å². The third-order valence-electron chi connectivity index (χ3n) is 4.54. The predicted molar refractivity (Wildman–Crippen MR) is 105 cm³/mol. The minimum Gasteiger partial charge on any atom is -0.508 e. The molecule has 0 amide bonds. The minimum atomic E-state index is -0.258. The van der Waals surface area contributed by atoms with Crippen LogP contribution in [-0.4, -0.2) is 23.3 Å². The molecule has 0 heterocycles. The molecule has 0 spiro atoms. The zero-order valence-corrected chi connectivity index (χ0v) is 15.2. The number of phenols is 2. The number of rotatable bonds is 6. The second-order valence-electron chi connectivity index (χ2n) is 6.32. The summed E-state index contributed by atoms with van der Waals surface area (Å²) >= 11 is 0. The average molecular weight is 362 g/mol. The molecule has 0 saturated carbocycles. The molecule has 4 heteroatoms. The number of allylic oxidation sites excluding steroid dienone is 5. The van der Waals surface area contributed by atoms with Crippen molar-refractivity contribution in [1.29, 1.82) is 0 Å². The number of carbonyl (C=O) groups is 1. The molecule has 27 heavy (non-hydrogen) atoms. The summed E-state index contributed by atoms with van der Waals surface area (Å²) in [6.45, 7) is 0. The Morgan fingerprint density at radius 1 is 0.926 bits per heavy atom. The third-order valence-corrected chi connectivity index (χ3v) is 4.54. The Bertz CT molecular complexity index is 853. The van der Waals surface area contributed by atoms with Crippen LogP contribution >= 0.6 is 0 Å². The van der Waals surface area contributed by atoms with E-state index in [0.717, 1.165) is 34.3 Å². The summed E-state index contributed by atoms with van der Waals surface area (Å²) in [5.41, 5.74) is 4.94. The lowest BCUT2D eigenvalue weighted by Crippen LogP contribution is -2.03. The summed E-state index contributed by atoms with van der Waals surface area (Å²) in [6.07, 6.45) is 7.94. The fraction of sp³-hybridized carbons (Fsp3) is 0.174. The largest absolute Gasteiger partial charge is 0.508 e. The van der Waals surface area contributed by atoms with Gasteiger partial charge in [-0.2, -0.15) is 0 Å². The van der Waals surface area contributed by atoms with Gasteiger partial charge in [0.2, 0.25) is 0 Å². The summed E-state index contributed by atoms with van der Waals surface area (Å²) in [5.74, 6) is 0.130. The van der Waals surface area contributed by atoms with E-state index in [9.17, 15) is 15.0 Å². The van der Waals surface area contributed by atoms with Crippen LogP contribution in [0.1, 0.15) is 30.4 Å². The molecule has 0 unspecified atom stereocenters. The predicted octanol–water partition coefficient (Wildman–Crippen LogP) is 4.74. The summed E-state index contributed by atoms with van der Waals surface area (Å²) < 4.78 is 4.82. The normalized spacial score (nSPS) is 12.6. The van der Waals surface area contributed by atoms with E-state index in [2.05, 4.69) is 18.2 Å². The van der Waals surface area contributed by atoms with Crippen molar-refractivity contribution >= 4 is 11.5 Å². The van der Waals surface area contributed by atoms with E-state index in [1.807, 2.05) is 24.3 Å². The summed E-state index contributed by atoms with van der Waals surface area (Å²) in [5, 5.41) is 19.3. The Kier molecular flexibility index (Phi) is 5.77. The van der Waals surface area contributed by atoms with E-state index in [0.29, 0.717) is 6.42 Å². The molecular weight excluding hydrogens is 340 g/mol. The topological polar surface area (TPSA) is 66.8 Å². The number of hydrogen-bond acceptors (Lipinski definition) is 4. The molecule has 0 radical (unpaired) electrons. The van der Waals surface area contributed by atoms with Crippen LogP contribution in [0.5, 0.6) is 11.5 Å². The Morgan fingerprint density at radius 3 is 1.93 bits per heavy atom. The molecule has 1 aliphatic rings. The minimum absolute atomic E-state index is 0.194. The maximum atomic E-state index is 11.8. The van der Waals surface area contributed by atoms with Crippen LogP contribution in [0.25, 0.3) is 5.57 Å². The van der Waals surface area contributed by atoms with Crippen molar-refractivity contribution in [3.63, 3.8) is 0 Å². The molecule has 3 rings (SSSR count). The van der Waals surface area contributed by atoms with Crippen molar-refractivity contribution in [2.24, 2.45) is 0 Å². The van der Waals surface area contributed by atoms with E-state index < -0.39 is 0 Å². The summed E-state index contributed by atoms with van der Waals surface area (Å²) in [6, 6.07) is 14.0. The third kappa shape index (κ3) is 4.47. The summed E-state index contributed by atoms with van der Waals surface area (Å²) in [7, 11) is 1.39. The number of ether oxygens (including phenoxy) is 1. The molecule has 1 aliphatic carbocycles. The smallest absolute Gasteiger partial charge is 0.305 e. The van der Waals surface area contributed by atoms with E-state index in [-0.39, 0.29) is 23.9 Å². The van der Waals surface area contributed by atoms with Gasteiger partial charge in [0.05, 0.1) is 7.11 Å². The molecule has 0 aliphatic heterocycles. The molecule has 4 nitrogen and oxygen atoms in total. The van der Waals surface area contributed by atoms with Gasteiger partial charge >= 0.3 is 5.97 Å². The Balaban J connectivity index is 2.17. The van der Waals surface area contributed by atoms with Gasteiger partial charge in [-0.1, -0.05) is 42.5 Å². The van der Waals surface area contributed by atoms with Crippen molar-refractivity contribution in [3.8, 4) is 11.5 Å². The van der Waals surface area contributed by atoms with Crippen LogP contribution in [0.15, 0.2) is 77.9 Å². The summed E-state index contributed by atoms with van der Waals surface area (Å²) in [4.78, 5) is 11.8. The number of hydrogen-bond donors (Lipinski definition) is 2. The van der Waals surface area contributed by atoms with Crippen LogP contribution in [0.3, 0.4) is 0 Å². The van der Waals surface area contributed by atoms with Crippen molar-refractivity contribution < 1.29 is 19.7 Å². The van der Waals surface area contributed by atoms with Gasteiger partial charge in [-0.15, -0.1) is 0 Å². The number of aromatic hydroxyl groups is 2. The molecule has 0 bridgehead atoms. The molecule has 0 fully saturated rings. The first-order chi connectivity index (χ1) is 13.1. The number of methoxy groups -OCH3 is 1. The highest BCUT2D eigenvalue weighted by Crippen LogP contribution is 2.36. The lowest BCUT2D eigenvalue weighted by Gasteiger charge is -2.17. The average Bonchev–Trinajstić information content (AvgIpc) is 3.21. The molecular formula is C23H22O4. The monoisotopic (exact) mass is 362 g/mol. The standard InChI is InChI=1S/C23H22O4/c1-27-22(26)15-14-21(16-4-2-3-5-16)23(17-6-10-19(24)11-7-17)18-8-12-20(25)13-9-18/h2,4-13,24-25H,3,14-15H2,1H3. The van der Waals surface area contributed by atoms with Crippen LogP contribution in [0, 0.1) is 0 Å². The maximum absolute atomic E-state index is 11.8. The van der Waals surface area contributed by atoms with Crippen LogP contribution in [-0.2, 0) is 9.53 Å². The second kappa shape index (κ2) is 8.41. The van der Waals surface area contributed by atoms with E-state index >= 15 is 0 Å². The Hall–Kier alpha value is -3.27. The Morgan fingerprint density at radius 2 is 1.48 bits per heavy atom. The van der Waals surface area contributed by atoms with Gasteiger partial charge < -0.3 is 14.9 Å². The van der Waals surface area contributed by atoms with E-state index in [1.54, 1.807) is 24.3 Å². The molecule has 0 aromatic heterocycles. The van der Waals surface area contributed by atoms with Crippen LogP contribution in [0.2, 0.25) is 0 Å². The van der Waals surface area contributed by atoms with Gasteiger partial charge in [0.15, 0.2) is 0 Å². The highest BCUT2D eigenvalue weighted by molar-refractivity contribution is 5.86. The Labute approximate surface area is 158 Å². The lowest BCUT2D eigenvalue weighted by molar-refractivity contribution is -0.140. The number of phenolic OH excluding ortho intramolecular Hbond substituents is 2. The molecule has 2 aromatic rings. The molecule has 2 N–H and O–H groups in total. The quantitative estimate of drug-likeness (QED) is 0.729. The zero-order valence-electron chi connectivity index (χ0n) is 15.2. The van der Waals surface area contributed by atoms with E-state index in [1.165, 1.54) is 7.11 Å². The molecule has 138 valence electrons. The van der Waals surface area contributed by atoms with Crippen molar-refractivity contribution in [2.45, 2.75) is 19.3 Å². The maximum Gasteiger partial charge on any atom is 0.305 e. The van der Waals surface area contributed by atoms with E-state index in [4.69, 9.17) is 4.74 Å².